The first-order valence-electron chi connectivity index (χ1n) is 12.0. The Morgan fingerprint density at radius 3 is 2.56 bits per heavy atom. The highest BCUT2D eigenvalue weighted by molar-refractivity contribution is 7.89. The first kappa shape index (κ1) is 21.7. The van der Waals surface area contributed by atoms with Crippen LogP contribution in [0.15, 0.2) is 48.7 Å². The summed E-state index contributed by atoms with van der Waals surface area (Å²) in [5, 5.41) is 4.92. The van der Waals surface area contributed by atoms with Gasteiger partial charge in [-0.3, -0.25) is 0 Å². The smallest absolute Gasteiger partial charge is 0.213 e. The Hall–Kier alpha value is -2.15. The highest BCUT2D eigenvalue weighted by Crippen LogP contribution is 2.36. The van der Waals surface area contributed by atoms with Crippen LogP contribution in [0, 0.1) is 0 Å². The van der Waals surface area contributed by atoms with Crippen molar-refractivity contribution in [1.82, 2.24) is 14.6 Å². The van der Waals surface area contributed by atoms with Crippen LogP contribution < -0.4 is 5.32 Å². The van der Waals surface area contributed by atoms with Crippen LogP contribution in [0.4, 0.5) is 0 Å². The number of rotatable bonds is 5. The first-order valence-corrected chi connectivity index (χ1v) is 13.6. The molecule has 32 heavy (non-hydrogen) atoms. The van der Waals surface area contributed by atoms with E-state index in [9.17, 15) is 8.42 Å². The minimum atomic E-state index is -3.09. The molecule has 3 aromatic rings. The molecule has 1 atom stereocenters. The second kappa shape index (κ2) is 9.00. The molecular weight excluding hydrogens is 418 g/mol. The maximum Gasteiger partial charge on any atom is 0.213 e. The molecule has 0 bridgehead atoms. The van der Waals surface area contributed by atoms with E-state index >= 15 is 0 Å². The molecule has 2 aliphatic rings. The fourth-order valence-corrected chi connectivity index (χ4v) is 6.49. The average molecular weight is 452 g/mol. The number of aromatic nitrogens is 1. The Balaban J connectivity index is 1.40. The number of H-pyrrole nitrogens is 1. The molecule has 0 aliphatic carbocycles. The lowest BCUT2D eigenvalue weighted by Gasteiger charge is -2.30. The summed E-state index contributed by atoms with van der Waals surface area (Å²) < 4.78 is 26.1. The normalized spacial score (nSPS) is 21.2. The third kappa shape index (κ3) is 4.24. The summed E-state index contributed by atoms with van der Waals surface area (Å²) in [6.07, 6.45) is 7.65. The average Bonchev–Trinajstić information content (AvgIpc) is 3.28. The molecule has 2 N–H and O–H groups in total. The van der Waals surface area contributed by atoms with Crippen molar-refractivity contribution in [2.24, 2.45) is 0 Å². The largest absolute Gasteiger partial charge is 0.361 e. The summed E-state index contributed by atoms with van der Waals surface area (Å²) in [6.45, 7) is 4.06. The lowest BCUT2D eigenvalue weighted by Crippen LogP contribution is -2.38. The zero-order valence-corrected chi connectivity index (χ0v) is 19.6. The van der Waals surface area contributed by atoms with Crippen LogP contribution in [-0.2, 0) is 10.0 Å². The van der Waals surface area contributed by atoms with E-state index in [1.165, 1.54) is 46.9 Å². The molecular formula is C26H33N3O2S. The highest BCUT2D eigenvalue weighted by atomic mass is 32.2. The molecule has 3 heterocycles. The van der Waals surface area contributed by atoms with Gasteiger partial charge in [-0.05, 0) is 85.5 Å². The summed E-state index contributed by atoms with van der Waals surface area (Å²) in [5.74, 6) is 0.573. The van der Waals surface area contributed by atoms with Crippen LogP contribution in [0.5, 0.6) is 0 Å². The topological polar surface area (TPSA) is 65.2 Å². The molecule has 2 saturated heterocycles. The van der Waals surface area contributed by atoms with Gasteiger partial charge in [0.05, 0.1) is 5.75 Å². The van der Waals surface area contributed by atoms with E-state index in [0.29, 0.717) is 25.0 Å². The lowest BCUT2D eigenvalue weighted by molar-refractivity contribution is 0.321. The predicted molar refractivity (Wildman–Crippen MR) is 131 cm³/mol. The van der Waals surface area contributed by atoms with Gasteiger partial charge in [-0.15, -0.1) is 0 Å². The van der Waals surface area contributed by atoms with Gasteiger partial charge in [-0.2, -0.15) is 0 Å². The van der Waals surface area contributed by atoms with Crippen LogP contribution in [0.3, 0.4) is 0 Å². The highest BCUT2D eigenvalue weighted by Gasteiger charge is 2.28. The van der Waals surface area contributed by atoms with Crippen molar-refractivity contribution in [3.05, 3.63) is 59.8 Å². The molecule has 2 aliphatic heterocycles. The van der Waals surface area contributed by atoms with Gasteiger partial charge in [0.25, 0.3) is 0 Å². The zero-order valence-electron chi connectivity index (χ0n) is 18.8. The van der Waals surface area contributed by atoms with Gasteiger partial charge in [0, 0.05) is 36.2 Å². The quantitative estimate of drug-likeness (QED) is 0.562. The number of fused-ring (bicyclic) bond motifs is 1. The molecule has 6 heteroatoms. The van der Waals surface area contributed by atoms with E-state index in [2.05, 4.69) is 59.0 Å². The van der Waals surface area contributed by atoms with E-state index in [4.69, 9.17) is 0 Å². The van der Waals surface area contributed by atoms with Crippen molar-refractivity contribution in [3.63, 3.8) is 0 Å². The number of hydrogen-bond acceptors (Lipinski definition) is 3. The van der Waals surface area contributed by atoms with Crippen molar-refractivity contribution < 1.29 is 8.42 Å². The third-order valence-corrected chi connectivity index (χ3v) is 9.18. The molecule has 1 aromatic heterocycles. The van der Waals surface area contributed by atoms with Crippen molar-refractivity contribution >= 4 is 20.9 Å². The zero-order chi connectivity index (χ0) is 22.1. The lowest BCUT2D eigenvalue weighted by atomic mass is 9.89. The van der Waals surface area contributed by atoms with Crippen molar-refractivity contribution in [2.45, 2.75) is 51.0 Å². The number of sulfonamides is 1. The molecule has 1 unspecified atom stereocenters. The first-order chi connectivity index (χ1) is 15.5. The molecule has 5 nitrogen and oxygen atoms in total. The second-order valence-corrected chi connectivity index (χ2v) is 11.5. The van der Waals surface area contributed by atoms with Gasteiger partial charge in [0.1, 0.15) is 0 Å². The Bertz CT molecular complexity index is 1190. The van der Waals surface area contributed by atoms with E-state index < -0.39 is 10.0 Å². The molecule has 0 amide bonds. The van der Waals surface area contributed by atoms with E-state index in [0.717, 1.165) is 24.9 Å². The molecule has 170 valence electrons. The second-order valence-electron chi connectivity index (χ2n) is 9.21. The minimum absolute atomic E-state index is 0.184. The van der Waals surface area contributed by atoms with Gasteiger partial charge in [0.15, 0.2) is 0 Å². The van der Waals surface area contributed by atoms with Gasteiger partial charge < -0.3 is 10.3 Å². The van der Waals surface area contributed by atoms with E-state index in [1.807, 2.05) is 0 Å². The molecule has 0 radical (unpaired) electrons. The monoisotopic (exact) mass is 451 g/mol. The van der Waals surface area contributed by atoms with Gasteiger partial charge >= 0.3 is 0 Å². The van der Waals surface area contributed by atoms with Crippen LogP contribution in [0.25, 0.3) is 22.0 Å². The van der Waals surface area contributed by atoms with E-state index in [1.54, 1.807) is 11.2 Å². The minimum Gasteiger partial charge on any atom is -0.361 e. The number of hydrogen-bond donors (Lipinski definition) is 2. The Labute approximate surface area is 191 Å². The molecule has 2 aromatic carbocycles. The maximum atomic E-state index is 12.2. The van der Waals surface area contributed by atoms with Gasteiger partial charge in [-0.25, -0.2) is 12.7 Å². The summed E-state index contributed by atoms with van der Waals surface area (Å²) in [4.78, 5) is 3.44. The number of piperidine rings is 2. The fraction of sp³-hybridized carbons (Fsp3) is 0.462. The van der Waals surface area contributed by atoms with Crippen molar-refractivity contribution in [2.75, 3.05) is 25.4 Å². The van der Waals surface area contributed by atoms with Crippen molar-refractivity contribution in [3.8, 4) is 11.1 Å². The number of nitrogens with zero attached hydrogens (tertiary/aromatic N) is 1. The predicted octanol–water partition coefficient (Wildman–Crippen LogP) is 5.18. The summed E-state index contributed by atoms with van der Waals surface area (Å²) in [7, 11) is -3.09. The molecule has 0 saturated carbocycles. The molecule has 5 rings (SSSR count). The Morgan fingerprint density at radius 2 is 1.81 bits per heavy atom. The molecule has 0 spiro atoms. The third-order valence-electron chi connectivity index (χ3n) is 7.30. The standard InChI is InChI=1S/C26H33N3O2S/c1-2-32(30,31)29-14-11-19(12-15-29)24-18-28-26-10-9-21(17-23(24)26)20-6-5-7-22(16-20)25-8-3-4-13-27-25/h5-7,9-10,16-19,25,27-28H,2-4,8,11-15H2,1H3. The van der Waals surface area contributed by atoms with Crippen molar-refractivity contribution in [1.29, 1.82) is 0 Å². The number of nitrogens with one attached hydrogen (secondary N) is 2. The van der Waals surface area contributed by atoms with Gasteiger partial charge in [0.2, 0.25) is 10.0 Å². The van der Waals surface area contributed by atoms with Crippen LogP contribution >= 0.6 is 0 Å². The number of aromatic amines is 1. The summed E-state index contributed by atoms with van der Waals surface area (Å²) >= 11 is 0. The Kier molecular flexibility index (Phi) is 6.10. The fourth-order valence-electron chi connectivity index (χ4n) is 5.36. The van der Waals surface area contributed by atoms with Crippen LogP contribution in [0.1, 0.15) is 62.1 Å². The Morgan fingerprint density at radius 1 is 1.00 bits per heavy atom. The maximum absolute atomic E-state index is 12.2. The molecule has 2 fully saturated rings. The number of benzene rings is 2. The summed E-state index contributed by atoms with van der Waals surface area (Å²) in [5.41, 5.74) is 6.34. The van der Waals surface area contributed by atoms with Crippen LogP contribution in [-0.4, -0.2) is 43.1 Å². The SMILES string of the molecule is CCS(=O)(=O)N1CCC(c2c[nH]c3ccc(-c4cccc(C5CCCCN5)c4)cc23)CC1. The van der Waals surface area contributed by atoms with E-state index in [-0.39, 0.29) is 5.75 Å². The van der Waals surface area contributed by atoms with Crippen LogP contribution in [0.2, 0.25) is 0 Å². The van der Waals surface area contributed by atoms with Gasteiger partial charge in [-0.1, -0.05) is 30.7 Å². The summed E-state index contributed by atoms with van der Waals surface area (Å²) in [6, 6.07) is 16.1.